The largest absolute Gasteiger partial charge is 0.493 e. The molecular formula is C23H30O7. The Morgan fingerprint density at radius 2 is 1.70 bits per heavy atom. The molecular weight excluding hydrogens is 388 g/mol. The van der Waals surface area contributed by atoms with Gasteiger partial charge in [0.25, 0.3) is 0 Å². The second-order valence-electron chi connectivity index (χ2n) is 7.84. The van der Waals surface area contributed by atoms with Crippen LogP contribution < -0.4 is 18.9 Å². The lowest BCUT2D eigenvalue weighted by Gasteiger charge is -2.25. The molecule has 2 N–H and O–H groups in total. The van der Waals surface area contributed by atoms with Gasteiger partial charge < -0.3 is 29.2 Å². The van der Waals surface area contributed by atoms with Gasteiger partial charge in [0.2, 0.25) is 0 Å². The highest BCUT2D eigenvalue weighted by Crippen LogP contribution is 2.37. The number of carbonyl (C=O) groups is 1. The van der Waals surface area contributed by atoms with Crippen LogP contribution in [-0.4, -0.2) is 42.6 Å². The van der Waals surface area contributed by atoms with Crippen molar-refractivity contribution in [1.82, 2.24) is 0 Å². The summed E-state index contributed by atoms with van der Waals surface area (Å²) >= 11 is 0. The first-order chi connectivity index (χ1) is 14.1. The molecule has 30 heavy (non-hydrogen) atoms. The third-order valence-electron chi connectivity index (χ3n) is 4.28. The van der Waals surface area contributed by atoms with Crippen molar-refractivity contribution in [2.45, 2.75) is 45.3 Å². The van der Waals surface area contributed by atoms with Crippen LogP contribution in [0.2, 0.25) is 0 Å². The molecule has 2 aromatic rings. The molecule has 0 aromatic heterocycles. The number of rotatable bonds is 10. The summed E-state index contributed by atoms with van der Waals surface area (Å²) in [5.74, 6) is 1.18. The first-order valence-corrected chi connectivity index (χ1v) is 9.69. The van der Waals surface area contributed by atoms with E-state index < -0.39 is 24.3 Å². The molecule has 1 atom stereocenters. The van der Waals surface area contributed by atoms with Gasteiger partial charge in [0.05, 0.1) is 20.3 Å². The Morgan fingerprint density at radius 3 is 2.30 bits per heavy atom. The molecule has 0 heterocycles. The first-order valence-electron chi connectivity index (χ1n) is 9.69. The van der Waals surface area contributed by atoms with Gasteiger partial charge in [-0.3, -0.25) is 0 Å². The van der Waals surface area contributed by atoms with E-state index in [-0.39, 0.29) is 0 Å². The van der Waals surface area contributed by atoms with Crippen LogP contribution in [0.1, 0.15) is 44.4 Å². The highest BCUT2D eigenvalue weighted by molar-refractivity contribution is 5.68. The van der Waals surface area contributed by atoms with Gasteiger partial charge in [0, 0.05) is 6.07 Å². The second kappa shape index (κ2) is 10.2. The van der Waals surface area contributed by atoms with Gasteiger partial charge in [-0.15, -0.1) is 0 Å². The monoisotopic (exact) mass is 418 g/mol. The van der Waals surface area contributed by atoms with Crippen LogP contribution in [0.25, 0.3) is 0 Å². The van der Waals surface area contributed by atoms with E-state index in [1.54, 1.807) is 44.6 Å². The molecule has 0 aliphatic rings. The Labute approximate surface area is 177 Å². The van der Waals surface area contributed by atoms with Crippen LogP contribution in [0.15, 0.2) is 36.4 Å². The van der Waals surface area contributed by atoms with Crippen molar-refractivity contribution >= 4 is 5.97 Å². The number of methoxy groups -OCH3 is 2. The molecule has 164 valence electrons. The third kappa shape index (κ3) is 6.84. The Balaban J connectivity index is 2.19. The van der Waals surface area contributed by atoms with Gasteiger partial charge in [-0.1, -0.05) is 12.1 Å². The number of carboxylic acid groups (broad SMARTS) is 1. The van der Waals surface area contributed by atoms with Crippen molar-refractivity contribution in [1.29, 1.82) is 0 Å². The summed E-state index contributed by atoms with van der Waals surface area (Å²) in [5.41, 5.74) is 1.14. The fourth-order valence-corrected chi connectivity index (χ4v) is 2.94. The van der Waals surface area contributed by atoms with E-state index in [1.165, 1.54) is 0 Å². The first kappa shape index (κ1) is 23.3. The lowest BCUT2D eigenvalue weighted by molar-refractivity contribution is -0.139. The Kier molecular flexibility index (Phi) is 7.94. The molecule has 0 bridgehead atoms. The van der Waals surface area contributed by atoms with Crippen LogP contribution in [0.5, 0.6) is 23.0 Å². The van der Waals surface area contributed by atoms with Gasteiger partial charge in [0.15, 0.2) is 18.1 Å². The Morgan fingerprint density at radius 1 is 1.03 bits per heavy atom. The molecule has 0 amide bonds. The molecule has 2 aromatic carbocycles. The van der Waals surface area contributed by atoms with Gasteiger partial charge in [0.1, 0.15) is 17.1 Å². The SMILES string of the molecule is COc1cc(CCC(O)c2cccc(OCC(=O)O)c2)c(OC(C)(C)C)cc1OC. The average Bonchev–Trinajstić information content (AvgIpc) is 2.69. The molecule has 0 saturated carbocycles. The predicted molar refractivity (Wildman–Crippen MR) is 113 cm³/mol. The number of hydrogen-bond acceptors (Lipinski definition) is 6. The van der Waals surface area contributed by atoms with E-state index in [0.29, 0.717) is 41.4 Å². The number of benzene rings is 2. The molecule has 0 spiro atoms. The number of aliphatic hydroxyl groups is 1. The third-order valence-corrected chi connectivity index (χ3v) is 4.28. The predicted octanol–water partition coefficient (Wildman–Crippen LogP) is 4.01. The summed E-state index contributed by atoms with van der Waals surface area (Å²) < 4.78 is 22.1. The number of aryl methyl sites for hydroxylation is 1. The molecule has 7 heteroatoms. The summed E-state index contributed by atoms with van der Waals surface area (Å²) in [6.45, 7) is 5.46. The van der Waals surface area contributed by atoms with Crippen molar-refractivity contribution in [3.05, 3.63) is 47.5 Å². The van der Waals surface area contributed by atoms with Crippen LogP contribution in [0.4, 0.5) is 0 Å². The Bertz CT molecular complexity index is 855. The minimum Gasteiger partial charge on any atom is -0.493 e. The molecule has 0 aliphatic carbocycles. The van der Waals surface area contributed by atoms with Gasteiger partial charge in [-0.25, -0.2) is 4.79 Å². The van der Waals surface area contributed by atoms with Crippen molar-refractivity contribution in [2.75, 3.05) is 20.8 Å². The number of aliphatic carboxylic acids is 1. The minimum atomic E-state index is -1.05. The summed E-state index contributed by atoms with van der Waals surface area (Å²) in [5, 5.41) is 19.4. The number of ether oxygens (including phenoxy) is 4. The van der Waals surface area contributed by atoms with Crippen molar-refractivity contribution in [3.63, 3.8) is 0 Å². The number of carboxylic acids is 1. The smallest absolute Gasteiger partial charge is 0.341 e. The maximum Gasteiger partial charge on any atom is 0.341 e. The molecule has 2 rings (SSSR count). The molecule has 0 aliphatic heterocycles. The van der Waals surface area contributed by atoms with Gasteiger partial charge >= 0.3 is 5.97 Å². The fraction of sp³-hybridized carbons (Fsp3) is 0.435. The van der Waals surface area contributed by atoms with Crippen molar-refractivity contribution in [2.24, 2.45) is 0 Å². The van der Waals surface area contributed by atoms with Crippen LogP contribution in [0.3, 0.4) is 0 Å². The highest BCUT2D eigenvalue weighted by Gasteiger charge is 2.19. The second-order valence-corrected chi connectivity index (χ2v) is 7.84. The van der Waals surface area contributed by atoms with E-state index in [9.17, 15) is 9.90 Å². The molecule has 1 unspecified atom stereocenters. The maximum absolute atomic E-state index is 10.7. The maximum atomic E-state index is 10.7. The minimum absolute atomic E-state index is 0.400. The average molecular weight is 418 g/mol. The van der Waals surface area contributed by atoms with Crippen LogP contribution in [0, 0.1) is 0 Å². The molecule has 7 nitrogen and oxygen atoms in total. The van der Waals surface area contributed by atoms with Gasteiger partial charge in [-0.2, -0.15) is 0 Å². The van der Waals surface area contributed by atoms with E-state index in [2.05, 4.69) is 0 Å². The Hall–Kier alpha value is -2.93. The normalized spacial score (nSPS) is 12.2. The van der Waals surface area contributed by atoms with Crippen LogP contribution in [-0.2, 0) is 11.2 Å². The van der Waals surface area contributed by atoms with Crippen molar-refractivity contribution in [3.8, 4) is 23.0 Å². The summed E-state index contributed by atoms with van der Waals surface area (Å²) in [6, 6.07) is 10.5. The standard InChI is InChI=1S/C23H30O7/c1-23(2,3)30-19-13-21(28-5)20(27-4)12-16(19)9-10-18(24)15-7-6-8-17(11-15)29-14-22(25)26/h6-8,11-13,18,24H,9-10,14H2,1-5H3,(H,25,26). The quantitative estimate of drug-likeness (QED) is 0.602. The van der Waals surface area contributed by atoms with E-state index in [1.807, 2.05) is 26.8 Å². The highest BCUT2D eigenvalue weighted by atomic mass is 16.5. The lowest BCUT2D eigenvalue weighted by atomic mass is 10.00. The lowest BCUT2D eigenvalue weighted by Crippen LogP contribution is -2.23. The fourth-order valence-electron chi connectivity index (χ4n) is 2.94. The van der Waals surface area contributed by atoms with E-state index in [4.69, 9.17) is 24.1 Å². The zero-order valence-electron chi connectivity index (χ0n) is 18.1. The number of aliphatic hydroxyl groups excluding tert-OH is 1. The molecule has 0 saturated heterocycles. The number of hydrogen-bond donors (Lipinski definition) is 2. The zero-order valence-corrected chi connectivity index (χ0v) is 18.1. The topological polar surface area (TPSA) is 94.5 Å². The molecule has 0 radical (unpaired) electrons. The van der Waals surface area contributed by atoms with E-state index >= 15 is 0 Å². The zero-order chi connectivity index (χ0) is 22.3. The summed E-state index contributed by atoms with van der Waals surface area (Å²) in [6.07, 6.45) is 0.208. The van der Waals surface area contributed by atoms with Crippen LogP contribution >= 0.6 is 0 Å². The molecule has 0 fully saturated rings. The van der Waals surface area contributed by atoms with E-state index in [0.717, 1.165) is 5.56 Å². The summed E-state index contributed by atoms with van der Waals surface area (Å²) in [4.78, 5) is 10.7. The van der Waals surface area contributed by atoms with Crippen molar-refractivity contribution < 1.29 is 34.0 Å². The summed E-state index contributed by atoms with van der Waals surface area (Å²) in [7, 11) is 3.14. The van der Waals surface area contributed by atoms with Gasteiger partial charge in [-0.05, 0) is 62.9 Å².